The third-order valence-electron chi connectivity index (χ3n) is 3.05. The van der Waals surface area contributed by atoms with Crippen molar-refractivity contribution in [2.24, 2.45) is 12.5 Å². The molecule has 0 aliphatic heterocycles. The van der Waals surface area contributed by atoms with Gasteiger partial charge in [-0.25, -0.2) is 0 Å². The van der Waals surface area contributed by atoms with Crippen molar-refractivity contribution in [2.75, 3.05) is 6.54 Å². The Kier molecular flexibility index (Phi) is 4.47. The molecule has 0 radical (unpaired) electrons. The highest BCUT2D eigenvalue weighted by molar-refractivity contribution is 4.98. The molecular weight excluding hydrogens is 200 g/mol. The van der Waals surface area contributed by atoms with Crippen LogP contribution in [0.15, 0.2) is 6.20 Å². The summed E-state index contributed by atoms with van der Waals surface area (Å²) in [5, 5.41) is 11.6. The summed E-state index contributed by atoms with van der Waals surface area (Å²) in [5.74, 6) is 0. The zero-order chi connectivity index (χ0) is 12.2. The smallest absolute Gasteiger partial charge is 0.0832 e. The zero-order valence-electron chi connectivity index (χ0n) is 11.1. The van der Waals surface area contributed by atoms with Crippen LogP contribution in [-0.4, -0.2) is 27.6 Å². The van der Waals surface area contributed by atoms with Gasteiger partial charge in [-0.05, 0) is 18.3 Å². The summed E-state index contributed by atoms with van der Waals surface area (Å²) in [6, 6.07) is 0.535. The second-order valence-electron chi connectivity index (χ2n) is 5.26. The molecule has 1 N–H and O–H groups in total. The largest absolute Gasteiger partial charge is 0.314 e. The predicted molar refractivity (Wildman–Crippen MR) is 66.2 cm³/mol. The SMILES string of the molecule is CCC(C)(CNC(C)C)Cc1cn(C)nn1. The van der Waals surface area contributed by atoms with Gasteiger partial charge in [-0.1, -0.05) is 32.9 Å². The van der Waals surface area contributed by atoms with Crippen LogP contribution < -0.4 is 5.32 Å². The summed E-state index contributed by atoms with van der Waals surface area (Å²) in [6.07, 6.45) is 4.13. The summed E-state index contributed by atoms with van der Waals surface area (Å²) < 4.78 is 1.77. The minimum absolute atomic E-state index is 0.264. The maximum absolute atomic E-state index is 4.16. The summed E-state index contributed by atoms with van der Waals surface area (Å²) in [7, 11) is 1.91. The van der Waals surface area contributed by atoms with Gasteiger partial charge in [-0.15, -0.1) is 5.10 Å². The van der Waals surface area contributed by atoms with Gasteiger partial charge < -0.3 is 5.32 Å². The summed E-state index contributed by atoms with van der Waals surface area (Å²) in [6.45, 7) is 9.92. The molecule has 4 heteroatoms. The van der Waals surface area contributed by atoms with Crippen LogP contribution in [0.4, 0.5) is 0 Å². The number of aryl methyl sites for hydroxylation is 1. The van der Waals surface area contributed by atoms with Crippen LogP contribution in [0.2, 0.25) is 0 Å². The average molecular weight is 224 g/mol. The van der Waals surface area contributed by atoms with E-state index in [4.69, 9.17) is 0 Å². The lowest BCUT2D eigenvalue weighted by atomic mass is 9.82. The number of hydrogen-bond donors (Lipinski definition) is 1. The first-order valence-corrected chi connectivity index (χ1v) is 6.04. The third-order valence-corrected chi connectivity index (χ3v) is 3.05. The fourth-order valence-electron chi connectivity index (χ4n) is 1.68. The Hall–Kier alpha value is -0.900. The minimum atomic E-state index is 0.264. The van der Waals surface area contributed by atoms with Gasteiger partial charge >= 0.3 is 0 Å². The Morgan fingerprint density at radius 2 is 2.19 bits per heavy atom. The van der Waals surface area contributed by atoms with E-state index >= 15 is 0 Å². The van der Waals surface area contributed by atoms with Crippen molar-refractivity contribution in [3.8, 4) is 0 Å². The maximum atomic E-state index is 4.16. The van der Waals surface area contributed by atoms with E-state index in [1.165, 1.54) is 0 Å². The number of rotatable bonds is 6. The lowest BCUT2D eigenvalue weighted by molar-refractivity contribution is 0.278. The molecule has 0 aliphatic rings. The lowest BCUT2D eigenvalue weighted by Crippen LogP contribution is -2.36. The molecule has 4 nitrogen and oxygen atoms in total. The van der Waals surface area contributed by atoms with Crippen molar-refractivity contribution in [1.82, 2.24) is 20.3 Å². The van der Waals surface area contributed by atoms with Crippen LogP contribution in [0.25, 0.3) is 0 Å². The van der Waals surface area contributed by atoms with Crippen molar-refractivity contribution >= 4 is 0 Å². The molecule has 1 aromatic heterocycles. The number of hydrogen-bond acceptors (Lipinski definition) is 3. The van der Waals surface area contributed by atoms with Gasteiger partial charge in [0, 0.05) is 25.8 Å². The first-order valence-electron chi connectivity index (χ1n) is 6.04. The Labute approximate surface area is 98.4 Å². The van der Waals surface area contributed by atoms with Crippen LogP contribution in [0.3, 0.4) is 0 Å². The first kappa shape index (κ1) is 13.2. The van der Waals surface area contributed by atoms with Gasteiger partial charge in [-0.2, -0.15) is 0 Å². The van der Waals surface area contributed by atoms with Crippen molar-refractivity contribution < 1.29 is 0 Å². The molecular formula is C12H24N4. The molecule has 0 aromatic carbocycles. The van der Waals surface area contributed by atoms with E-state index in [-0.39, 0.29) is 5.41 Å². The van der Waals surface area contributed by atoms with Crippen LogP contribution in [-0.2, 0) is 13.5 Å². The van der Waals surface area contributed by atoms with Crippen molar-refractivity contribution in [1.29, 1.82) is 0 Å². The van der Waals surface area contributed by atoms with Crippen LogP contribution >= 0.6 is 0 Å². The molecule has 0 spiro atoms. The van der Waals surface area contributed by atoms with E-state index in [0.717, 1.165) is 25.1 Å². The molecule has 0 saturated heterocycles. The van der Waals surface area contributed by atoms with E-state index in [0.29, 0.717) is 6.04 Å². The third kappa shape index (κ3) is 3.93. The molecule has 0 saturated carbocycles. The van der Waals surface area contributed by atoms with Gasteiger partial charge in [-0.3, -0.25) is 4.68 Å². The first-order chi connectivity index (χ1) is 7.45. The Morgan fingerprint density at radius 3 is 2.62 bits per heavy atom. The highest BCUT2D eigenvalue weighted by Crippen LogP contribution is 2.24. The molecule has 1 aromatic rings. The molecule has 1 heterocycles. The monoisotopic (exact) mass is 224 g/mol. The van der Waals surface area contributed by atoms with E-state index in [1.807, 2.05) is 13.2 Å². The van der Waals surface area contributed by atoms with Crippen LogP contribution in [0.5, 0.6) is 0 Å². The Bertz CT molecular complexity index is 319. The molecule has 0 amide bonds. The van der Waals surface area contributed by atoms with Gasteiger partial charge in [0.25, 0.3) is 0 Å². The fourth-order valence-corrected chi connectivity index (χ4v) is 1.68. The van der Waals surface area contributed by atoms with Crippen molar-refractivity contribution in [3.63, 3.8) is 0 Å². The maximum Gasteiger partial charge on any atom is 0.0832 e. The second kappa shape index (κ2) is 5.43. The summed E-state index contributed by atoms with van der Waals surface area (Å²) >= 11 is 0. The molecule has 0 aliphatic carbocycles. The van der Waals surface area contributed by atoms with E-state index < -0.39 is 0 Å². The van der Waals surface area contributed by atoms with E-state index in [9.17, 15) is 0 Å². The second-order valence-corrected chi connectivity index (χ2v) is 5.26. The fraction of sp³-hybridized carbons (Fsp3) is 0.833. The lowest BCUT2D eigenvalue weighted by Gasteiger charge is -2.28. The highest BCUT2D eigenvalue weighted by Gasteiger charge is 2.23. The summed E-state index contributed by atoms with van der Waals surface area (Å²) in [4.78, 5) is 0. The number of aromatic nitrogens is 3. The molecule has 0 fully saturated rings. The van der Waals surface area contributed by atoms with Gasteiger partial charge in [0.15, 0.2) is 0 Å². The number of nitrogens with zero attached hydrogens (tertiary/aromatic N) is 3. The van der Waals surface area contributed by atoms with Gasteiger partial charge in [0.05, 0.1) is 5.69 Å². The molecule has 92 valence electrons. The van der Waals surface area contributed by atoms with Gasteiger partial charge in [0.1, 0.15) is 0 Å². The Balaban J connectivity index is 2.58. The Morgan fingerprint density at radius 1 is 1.50 bits per heavy atom. The topological polar surface area (TPSA) is 42.7 Å². The van der Waals surface area contributed by atoms with E-state index in [2.05, 4.69) is 43.3 Å². The molecule has 0 bridgehead atoms. The summed E-state index contributed by atoms with van der Waals surface area (Å²) in [5.41, 5.74) is 1.35. The molecule has 1 unspecified atom stereocenters. The highest BCUT2D eigenvalue weighted by atomic mass is 15.4. The molecule has 1 rings (SSSR count). The van der Waals surface area contributed by atoms with Gasteiger partial charge in [0.2, 0.25) is 0 Å². The normalized spacial score (nSPS) is 15.4. The minimum Gasteiger partial charge on any atom is -0.314 e. The van der Waals surface area contributed by atoms with Crippen molar-refractivity contribution in [3.05, 3.63) is 11.9 Å². The average Bonchev–Trinajstić information content (AvgIpc) is 2.61. The van der Waals surface area contributed by atoms with E-state index in [1.54, 1.807) is 4.68 Å². The zero-order valence-corrected chi connectivity index (χ0v) is 11.1. The quantitative estimate of drug-likeness (QED) is 0.801. The van der Waals surface area contributed by atoms with Crippen LogP contribution in [0, 0.1) is 5.41 Å². The predicted octanol–water partition coefficient (Wildman–Crippen LogP) is 1.77. The molecule has 16 heavy (non-hydrogen) atoms. The number of nitrogens with one attached hydrogen (secondary N) is 1. The van der Waals surface area contributed by atoms with Crippen LogP contribution in [0.1, 0.15) is 39.8 Å². The molecule has 1 atom stereocenters. The van der Waals surface area contributed by atoms with Crippen molar-refractivity contribution in [2.45, 2.75) is 46.6 Å². The standard InChI is InChI=1S/C12H24N4/c1-6-12(4,9-13-10(2)3)7-11-8-16(5)15-14-11/h8,10,13H,6-7,9H2,1-5H3.